The Morgan fingerprint density at radius 1 is 1.10 bits per heavy atom. The Morgan fingerprint density at radius 3 is 2.57 bits per heavy atom. The molecule has 2 heterocycles. The van der Waals surface area contributed by atoms with E-state index in [2.05, 4.69) is 4.98 Å². The lowest BCUT2D eigenvalue weighted by atomic mass is 10.1. The highest BCUT2D eigenvalue weighted by atomic mass is 16.5. The number of methoxy groups -OCH3 is 2. The van der Waals surface area contributed by atoms with Gasteiger partial charge in [-0.05, 0) is 37.3 Å². The van der Waals surface area contributed by atoms with E-state index >= 15 is 0 Å². The van der Waals surface area contributed by atoms with Crippen molar-refractivity contribution in [1.82, 2.24) is 9.38 Å². The first-order valence-electron chi connectivity index (χ1n) is 6.61. The van der Waals surface area contributed by atoms with Gasteiger partial charge in [0.15, 0.2) is 0 Å². The van der Waals surface area contributed by atoms with Crippen LogP contribution in [0.25, 0.3) is 16.9 Å². The minimum atomic E-state index is 0.592. The number of rotatable bonds is 3. The molecule has 0 aliphatic carbocycles. The van der Waals surface area contributed by atoms with Crippen LogP contribution >= 0.6 is 0 Å². The van der Waals surface area contributed by atoms with Crippen molar-refractivity contribution >= 4 is 11.5 Å². The number of anilines is 1. The highest BCUT2D eigenvalue weighted by molar-refractivity contribution is 5.80. The van der Waals surface area contributed by atoms with Gasteiger partial charge in [0.2, 0.25) is 0 Å². The molecule has 0 saturated heterocycles. The summed E-state index contributed by atoms with van der Waals surface area (Å²) in [6.45, 7) is 2.00. The Balaban J connectivity index is 2.30. The van der Waals surface area contributed by atoms with Crippen LogP contribution in [0.3, 0.4) is 0 Å². The fraction of sp³-hybridized carbons (Fsp3) is 0.188. The van der Waals surface area contributed by atoms with Gasteiger partial charge in [-0.25, -0.2) is 4.98 Å². The second-order valence-electron chi connectivity index (χ2n) is 4.77. The molecular formula is C16H17N3O2. The molecule has 0 aliphatic heterocycles. The summed E-state index contributed by atoms with van der Waals surface area (Å²) in [6, 6.07) is 11.5. The molecule has 0 spiro atoms. The van der Waals surface area contributed by atoms with E-state index < -0.39 is 0 Å². The zero-order valence-corrected chi connectivity index (χ0v) is 12.3. The molecule has 5 heteroatoms. The molecule has 108 valence electrons. The second-order valence-corrected chi connectivity index (χ2v) is 4.77. The number of hydrogen-bond acceptors (Lipinski definition) is 4. The van der Waals surface area contributed by atoms with Gasteiger partial charge in [0, 0.05) is 11.3 Å². The first kappa shape index (κ1) is 13.3. The van der Waals surface area contributed by atoms with Crippen molar-refractivity contribution in [3.63, 3.8) is 0 Å². The Bertz CT molecular complexity index is 809. The first-order valence-corrected chi connectivity index (χ1v) is 6.61. The molecule has 2 aromatic heterocycles. The number of ether oxygens (including phenoxy) is 2. The number of nitrogen functional groups attached to an aromatic ring is 1. The van der Waals surface area contributed by atoms with Crippen LogP contribution in [0.5, 0.6) is 11.5 Å². The summed E-state index contributed by atoms with van der Waals surface area (Å²) in [5.74, 6) is 2.04. The number of aryl methyl sites for hydroxylation is 1. The Kier molecular flexibility index (Phi) is 3.17. The molecule has 5 nitrogen and oxygen atoms in total. The van der Waals surface area contributed by atoms with Crippen LogP contribution in [-0.2, 0) is 0 Å². The SMILES string of the molecule is COc1ccc(OC)c(-c2nc3cccc(C)n3c2N)c1. The molecule has 0 atom stereocenters. The van der Waals surface area contributed by atoms with Crippen LogP contribution < -0.4 is 15.2 Å². The maximum atomic E-state index is 6.29. The predicted molar refractivity (Wildman–Crippen MR) is 82.9 cm³/mol. The lowest BCUT2D eigenvalue weighted by molar-refractivity contribution is 0.404. The average Bonchev–Trinajstić information content (AvgIpc) is 2.85. The Labute approximate surface area is 122 Å². The molecule has 2 N–H and O–H groups in total. The third kappa shape index (κ3) is 2.07. The van der Waals surface area contributed by atoms with E-state index in [0.29, 0.717) is 17.3 Å². The number of nitrogens with two attached hydrogens (primary N) is 1. The van der Waals surface area contributed by atoms with Crippen LogP contribution in [0.1, 0.15) is 5.69 Å². The summed E-state index contributed by atoms with van der Waals surface area (Å²) in [5, 5.41) is 0. The number of pyridine rings is 1. The fourth-order valence-corrected chi connectivity index (χ4v) is 2.48. The van der Waals surface area contributed by atoms with Gasteiger partial charge in [-0.3, -0.25) is 4.40 Å². The van der Waals surface area contributed by atoms with Gasteiger partial charge >= 0.3 is 0 Å². The molecule has 0 fully saturated rings. The Hall–Kier alpha value is -2.69. The van der Waals surface area contributed by atoms with Crippen molar-refractivity contribution in [3.05, 3.63) is 42.1 Å². The summed E-state index contributed by atoms with van der Waals surface area (Å²) < 4.78 is 12.6. The van der Waals surface area contributed by atoms with Crippen molar-refractivity contribution in [3.8, 4) is 22.8 Å². The molecular weight excluding hydrogens is 266 g/mol. The number of aromatic nitrogens is 2. The van der Waals surface area contributed by atoms with Crippen molar-refractivity contribution < 1.29 is 9.47 Å². The minimum Gasteiger partial charge on any atom is -0.497 e. The van der Waals surface area contributed by atoms with Crippen molar-refractivity contribution in [2.24, 2.45) is 0 Å². The minimum absolute atomic E-state index is 0.592. The first-order chi connectivity index (χ1) is 10.2. The van der Waals surface area contributed by atoms with Gasteiger partial charge in [-0.1, -0.05) is 6.07 Å². The third-order valence-electron chi connectivity index (χ3n) is 3.54. The van der Waals surface area contributed by atoms with Crippen LogP contribution in [0, 0.1) is 6.92 Å². The molecule has 0 saturated carbocycles. The number of imidazole rings is 1. The molecule has 3 aromatic rings. The zero-order valence-electron chi connectivity index (χ0n) is 12.3. The van der Waals surface area contributed by atoms with Crippen LogP contribution in [0.2, 0.25) is 0 Å². The number of benzene rings is 1. The van der Waals surface area contributed by atoms with E-state index in [4.69, 9.17) is 15.2 Å². The number of nitrogens with zero attached hydrogens (tertiary/aromatic N) is 2. The quantitative estimate of drug-likeness (QED) is 0.803. The van der Waals surface area contributed by atoms with Crippen LogP contribution in [-0.4, -0.2) is 23.6 Å². The van der Waals surface area contributed by atoms with Crippen molar-refractivity contribution in [1.29, 1.82) is 0 Å². The van der Waals surface area contributed by atoms with Crippen LogP contribution in [0.15, 0.2) is 36.4 Å². The summed E-state index contributed by atoms with van der Waals surface area (Å²) in [4.78, 5) is 4.63. The molecule has 3 rings (SSSR count). The Morgan fingerprint density at radius 2 is 1.90 bits per heavy atom. The summed E-state index contributed by atoms with van der Waals surface area (Å²) >= 11 is 0. The molecule has 0 aliphatic rings. The topological polar surface area (TPSA) is 61.8 Å². The molecule has 1 aromatic carbocycles. The van der Waals surface area contributed by atoms with Gasteiger partial charge in [-0.2, -0.15) is 0 Å². The predicted octanol–water partition coefficient (Wildman–Crippen LogP) is 2.91. The van der Waals surface area contributed by atoms with Gasteiger partial charge in [0.1, 0.15) is 28.7 Å². The van der Waals surface area contributed by atoms with Crippen molar-refractivity contribution in [2.45, 2.75) is 6.92 Å². The molecule has 0 unspecified atom stereocenters. The highest BCUT2D eigenvalue weighted by Gasteiger charge is 2.17. The van der Waals surface area contributed by atoms with Gasteiger partial charge in [0.25, 0.3) is 0 Å². The molecule has 0 amide bonds. The largest absolute Gasteiger partial charge is 0.497 e. The summed E-state index contributed by atoms with van der Waals surface area (Å²) in [6.07, 6.45) is 0. The lowest BCUT2D eigenvalue weighted by Crippen LogP contribution is -1.98. The van der Waals surface area contributed by atoms with E-state index in [9.17, 15) is 0 Å². The molecule has 21 heavy (non-hydrogen) atoms. The van der Waals surface area contributed by atoms with Crippen LogP contribution in [0.4, 0.5) is 5.82 Å². The number of hydrogen-bond donors (Lipinski definition) is 1. The number of fused-ring (bicyclic) bond motifs is 1. The monoisotopic (exact) mass is 283 g/mol. The molecule has 0 radical (unpaired) electrons. The maximum Gasteiger partial charge on any atom is 0.139 e. The standard InChI is InChI=1S/C16H17N3O2/c1-10-5-4-6-14-18-15(16(17)19(10)14)12-9-11(20-2)7-8-13(12)21-3/h4-9H,17H2,1-3H3. The normalized spacial score (nSPS) is 10.8. The van der Waals surface area contributed by atoms with E-state index in [1.54, 1.807) is 14.2 Å². The molecule has 0 bridgehead atoms. The van der Waals surface area contributed by atoms with E-state index in [1.807, 2.05) is 47.7 Å². The lowest BCUT2D eigenvalue weighted by Gasteiger charge is -2.09. The third-order valence-corrected chi connectivity index (χ3v) is 3.54. The van der Waals surface area contributed by atoms with Gasteiger partial charge in [0.05, 0.1) is 14.2 Å². The van der Waals surface area contributed by atoms with Gasteiger partial charge < -0.3 is 15.2 Å². The fourth-order valence-electron chi connectivity index (χ4n) is 2.48. The maximum absolute atomic E-state index is 6.29. The highest BCUT2D eigenvalue weighted by Crippen LogP contribution is 2.36. The van der Waals surface area contributed by atoms with Gasteiger partial charge in [-0.15, -0.1) is 0 Å². The van der Waals surface area contributed by atoms with E-state index in [-0.39, 0.29) is 0 Å². The van der Waals surface area contributed by atoms with E-state index in [0.717, 1.165) is 22.7 Å². The second kappa shape index (κ2) is 5.01. The zero-order chi connectivity index (χ0) is 15.0. The average molecular weight is 283 g/mol. The van der Waals surface area contributed by atoms with E-state index in [1.165, 1.54) is 0 Å². The van der Waals surface area contributed by atoms with Crippen molar-refractivity contribution in [2.75, 3.05) is 20.0 Å². The summed E-state index contributed by atoms with van der Waals surface area (Å²) in [7, 11) is 3.26. The summed E-state index contributed by atoms with van der Waals surface area (Å²) in [5.41, 5.74) is 9.65. The smallest absolute Gasteiger partial charge is 0.139 e.